The molecule has 0 saturated heterocycles. The van der Waals surface area contributed by atoms with Gasteiger partial charge in [0.1, 0.15) is 18.0 Å². The average Bonchev–Trinajstić information content (AvgIpc) is 2.35. The largest absolute Gasteiger partial charge is 0.383 e. The molecule has 2 aromatic rings. The Balaban J connectivity index is 2.63. The molecular weight excluding hydrogens is 297 g/mol. The lowest BCUT2D eigenvalue weighted by atomic mass is 10.0. The van der Waals surface area contributed by atoms with Crippen molar-refractivity contribution in [2.45, 2.75) is 19.8 Å². The van der Waals surface area contributed by atoms with E-state index in [0.717, 1.165) is 22.9 Å². The van der Waals surface area contributed by atoms with Crippen LogP contribution < -0.4 is 5.73 Å². The van der Waals surface area contributed by atoms with Gasteiger partial charge in [0.25, 0.3) is 0 Å². The van der Waals surface area contributed by atoms with Gasteiger partial charge in [0, 0.05) is 15.6 Å². The molecule has 1 aromatic carbocycles. The van der Waals surface area contributed by atoms with Gasteiger partial charge >= 0.3 is 0 Å². The SMILES string of the molecule is CCCc1c(N)ncnc1-c1cc(Br)ccc1F. The van der Waals surface area contributed by atoms with Crippen LogP contribution in [0.1, 0.15) is 18.9 Å². The summed E-state index contributed by atoms with van der Waals surface area (Å²) in [5.41, 5.74) is 7.67. The van der Waals surface area contributed by atoms with E-state index in [1.165, 1.54) is 12.4 Å². The van der Waals surface area contributed by atoms with E-state index in [-0.39, 0.29) is 5.82 Å². The normalized spacial score (nSPS) is 10.6. The third-order valence-corrected chi connectivity index (χ3v) is 3.16. The van der Waals surface area contributed by atoms with Gasteiger partial charge < -0.3 is 5.73 Å². The zero-order chi connectivity index (χ0) is 13.1. The van der Waals surface area contributed by atoms with Gasteiger partial charge in [0.2, 0.25) is 0 Å². The van der Waals surface area contributed by atoms with Crippen molar-refractivity contribution >= 4 is 21.7 Å². The first-order valence-corrected chi connectivity index (χ1v) is 6.47. The van der Waals surface area contributed by atoms with E-state index in [1.54, 1.807) is 12.1 Å². The van der Waals surface area contributed by atoms with Crippen LogP contribution in [-0.2, 0) is 6.42 Å². The Hall–Kier alpha value is -1.49. The molecule has 0 unspecified atom stereocenters. The lowest BCUT2D eigenvalue weighted by Gasteiger charge is -2.10. The Morgan fingerprint density at radius 3 is 2.83 bits per heavy atom. The van der Waals surface area contributed by atoms with E-state index in [2.05, 4.69) is 25.9 Å². The smallest absolute Gasteiger partial charge is 0.132 e. The molecule has 1 heterocycles. The summed E-state index contributed by atoms with van der Waals surface area (Å²) in [6, 6.07) is 4.77. The van der Waals surface area contributed by atoms with Crippen LogP contribution in [-0.4, -0.2) is 9.97 Å². The van der Waals surface area contributed by atoms with E-state index in [1.807, 2.05) is 6.92 Å². The van der Waals surface area contributed by atoms with Gasteiger partial charge in [0.05, 0.1) is 5.69 Å². The van der Waals surface area contributed by atoms with Crippen LogP contribution in [0.5, 0.6) is 0 Å². The predicted molar refractivity (Wildman–Crippen MR) is 73.5 cm³/mol. The number of nitrogens with zero attached hydrogens (tertiary/aromatic N) is 2. The van der Waals surface area contributed by atoms with Crippen LogP contribution in [0.25, 0.3) is 11.3 Å². The number of nitrogen functional groups attached to an aromatic ring is 1. The van der Waals surface area contributed by atoms with Crippen molar-refractivity contribution in [1.29, 1.82) is 0 Å². The first-order valence-electron chi connectivity index (χ1n) is 5.68. The summed E-state index contributed by atoms with van der Waals surface area (Å²) in [4.78, 5) is 8.15. The van der Waals surface area contributed by atoms with Crippen LogP contribution in [0, 0.1) is 5.82 Å². The molecule has 0 bridgehead atoms. The number of halogens is 2. The first kappa shape index (κ1) is 13.0. The summed E-state index contributed by atoms with van der Waals surface area (Å²) < 4.78 is 14.7. The maximum atomic E-state index is 13.9. The monoisotopic (exact) mass is 309 g/mol. The number of hydrogen-bond donors (Lipinski definition) is 1. The minimum atomic E-state index is -0.311. The van der Waals surface area contributed by atoms with E-state index >= 15 is 0 Å². The van der Waals surface area contributed by atoms with Gasteiger partial charge in [-0.15, -0.1) is 0 Å². The second kappa shape index (κ2) is 5.44. The molecule has 2 N–H and O–H groups in total. The molecule has 5 heteroatoms. The van der Waals surface area contributed by atoms with Crippen molar-refractivity contribution in [3.8, 4) is 11.3 Å². The Bertz CT molecular complexity index is 572. The van der Waals surface area contributed by atoms with Crippen molar-refractivity contribution in [3.05, 3.63) is 40.4 Å². The third-order valence-electron chi connectivity index (χ3n) is 2.66. The Morgan fingerprint density at radius 2 is 2.11 bits per heavy atom. The lowest BCUT2D eigenvalue weighted by molar-refractivity contribution is 0.630. The summed E-state index contributed by atoms with van der Waals surface area (Å²) in [6.07, 6.45) is 3.00. The summed E-state index contributed by atoms with van der Waals surface area (Å²) in [6.45, 7) is 2.04. The zero-order valence-electron chi connectivity index (χ0n) is 9.95. The van der Waals surface area contributed by atoms with Gasteiger partial charge in [-0.1, -0.05) is 29.3 Å². The van der Waals surface area contributed by atoms with E-state index in [4.69, 9.17) is 5.73 Å². The number of aromatic nitrogens is 2. The fourth-order valence-corrected chi connectivity index (χ4v) is 2.19. The van der Waals surface area contributed by atoms with Crippen molar-refractivity contribution < 1.29 is 4.39 Å². The molecule has 2 rings (SSSR count). The molecule has 0 spiro atoms. The molecule has 0 radical (unpaired) electrons. The second-order valence-electron chi connectivity index (χ2n) is 3.96. The maximum Gasteiger partial charge on any atom is 0.132 e. The van der Waals surface area contributed by atoms with Gasteiger partial charge in [-0.3, -0.25) is 0 Å². The van der Waals surface area contributed by atoms with Gasteiger partial charge in [-0.25, -0.2) is 14.4 Å². The molecule has 0 fully saturated rings. The van der Waals surface area contributed by atoms with Crippen LogP contribution >= 0.6 is 15.9 Å². The number of benzene rings is 1. The van der Waals surface area contributed by atoms with Crippen molar-refractivity contribution in [1.82, 2.24) is 9.97 Å². The molecule has 0 amide bonds. The summed E-state index contributed by atoms with van der Waals surface area (Å²) in [5, 5.41) is 0. The predicted octanol–water partition coefficient (Wildman–Crippen LogP) is 3.58. The number of rotatable bonds is 3. The second-order valence-corrected chi connectivity index (χ2v) is 4.88. The fourth-order valence-electron chi connectivity index (χ4n) is 1.83. The molecule has 1 aromatic heterocycles. The minimum absolute atomic E-state index is 0.311. The van der Waals surface area contributed by atoms with Gasteiger partial charge in [-0.2, -0.15) is 0 Å². The van der Waals surface area contributed by atoms with Crippen LogP contribution in [0.15, 0.2) is 29.0 Å². The molecular formula is C13H13BrFN3. The van der Waals surface area contributed by atoms with Crippen molar-refractivity contribution in [3.63, 3.8) is 0 Å². The number of anilines is 1. The number of nitrogens with two attached hydrogens (primary N) is 1. The van der Waals surface area contributed by atoms with E-state index < -0.39 is 0 Å². The highest BCUT2D eigenvalue weighted by molar-refractivity contribution is 9.10. The molecule has 0 aliphatic carbocycles. The summed E-state index contributed by atoms with van der Waals surface area (Å²) >= 11 is 3.33. The highest BCUT2D eigenvalue weighted by Crippen LogP contribution is 2.29. The van der Waals surface area contributed by atoms with Gasteiger partial charge in [-0.05, 0) is 24.6 Å². The summed E-state index contributed by atoms with van der Waals surface area (Å²) in [5.74, 6) is 0.106. The molecule has 0 aliphatic heterocycles. The van der Waals surface area contributed by atoms with E-state index in [9.17, 15) is 4.39 Å². The Kier molecular flexibility index (Phi) is 3.91. The quantitative estimate of drug-likeness (QED) is 0.942. The van der Waals surface area contributed by atoms with Crippen LogP contribution in [0.4, 0.5) is 10.2 Å². The highest BCUT2D eigenvalue weighted by atomic mass is 79.9. The maximum absolute atomic E-state index is 13.9. The topological polar surface area (TPSA) is 51.8 Å². The highest BCUT2D eigenvalue weighted by Gasteiger charge is 2.14. The van der Waals surface area contributed by atoms with Crippen molar-refractivity contribution in [2.75, 3.05) is 5.73 Å². The fraction of sp³-hybridized carbons (Fsp3) is 0.231. The minimum Gasteiger partial charge on any atom is -0.383 e. The van der Waals surface area contributed by atoms with Gasteiger partial charge in [0.15, 0.2) is 0 Å². The average molecular weight is 310 g/mol. The standard InChI is InChI=1S/C13H13BrFN3/c1-2-3-9-12(17-7-18-13(9)16)10-6-8(14)4-5-11(10)15/h4-7H,2-3H2,1H3,(H2,16,17,18). The van der Waals surface area contributed by atoms with E-state index in [0.29, 0.717) is 17.1 Å². The van der Waals surface area contributed by atoms with Crippen LogP contribution in [0.3, 0.4) is 0 Å². The lowest BCUT2D eigenvalue weighted by Crippen LogP contribution is -2.03. The van der Waals surface area contributed by atoms with Crippen molar-refractivity contribution in [2.24, 2.45) is 0 Å². The third kappa shape index (κ3) is 2.51. The molecule has 3 nitrogen and oxygen atoms in total. The van der Waals surface area contributed by atoms with Crippen LogP contribution in [0.2, 0.25) is 0 Å². The first-order chi connectivity index (χ1) is 8.63. The Labute approximate surface area is 113 Å². The molecule has 0 aliphatic rings. The molecule has 0 atom stereocenters. The zero-order valence-corrected chi connectivity index (χ0v) is 11.5. The number of hydrogen-bond acceptors (Lipinski definition) is 3. The molecule has 18 heavy (non-hydrogen) atoms. The summed E-state index contributed by atoms with van der Waals surface area (Å²) in [7, 11) is 0. The molecule has 94 valence electrons. The Morgan fingerprint density at radius 1 is 1.33 bits per heavy atom. The molecule has 0 saturated carbocycles.